The van der Waals surface area contributed by atoms with Crippen molar-refractivity contribution in [2.24, 2.45) is 0 Å². The molecule has 2 aromatic rings. The molecule has 0 saturated carbocycles. The van der Waals surface area contributed by atoms with Gasteiger partial charge in [-0.05, 0) is 18.2 Å². The van der Waals surface area contributed by atoms with E-state index in [4.69, 9.17) is 9.68 Å². The molecule has 0 N–H and O–H groups in total. The summed E-state index contributed by atoms with van der Waals surface area (Å²) in [5.74, 6) is -0.542. The summed E-state index contributed by atoms with van der Waals surface area (Å²) < 4.78 is 17.9. The summed E-state index contributed by atoms with van der Waals surface area (Å²) in [4.78, 5) is 0. The Balaban J connectivity index is 2.94. The van der Waals surface area contributed by atoms with Crippen molar-refractivity contribution in [2.45, 2.75) is 0 Å². The third-order valence-corrected chi connectivity index (χ3v) is 1.68. The van der Waals surface area contributed by atoms with Gasteiger partial charge in [-0.1, -0.05) is 0 Å². The van der Waals surface area contributed by atoms with E-state index < -0.39 is 5.82 Å². The number of hydrogen-bond acceptors (Lipinski definition) is 2. The van der Waals surface area contributed by atoms with Gasteiger partial charge < -0.3 is 4.42 Å². The largest absolute Gasteiger partial charge is 0.463 e. The van der Waals surface area contributed by atoms with E-state index in [9.17, 15) is 4.39 Å². The standard InChI is InChI=1S/C9H4FNO/c10-8-2-1-6-3-4-12-9(6)7(8)5-11/h1-4H. The molecular weight excluding hydrogens is 157 g/mol. The number of nitrogens with zero attached hydrogens (tertiary/aromatic N) is 1. The number of rotatable bonds is 0. The van der Waals surface area contributed by atoms with E-state index in [0.717, 1.165) is 5.39 Å². The smallest absolute Gasteiger partial charge is 0.154 e. The summed E-state index contributed by atoms with van der Waals surface area (Å²) in [6.45, 7) is 0. The zero-order valence-corrected chi connectivity index (χ0v) is 6.04. The van der Waals surface area contributed by atoms with Crippen molar-refractivity contribution in [1.82, 2.24) is 0 Å². The molecule has 3 heteroatoms. The molecule has 2 rings (SSSR count). The van der Waals surface area contributed by atoms with Crippen LogP contribution in [0.4, 0.5) is 4.39 Å². The second-order valence-electron chi connectivity index (χ2n) is 2.37. The predicted molar refractivity (Wildman–Crippen MR) is 40.9 cm³/mol. The quantitative estimate of drug-likeness (QED) is 0.595. The van der Waals surface area contributed by atoms with Crippen LogP contribution in [0, 0.1) is 17.1 Å². The molecule has 0 bridgehead atoms. The van der Waals surface area contributed by atoms with Gasteiger partial charge in [-0.15, -0.1) is 0 Å². The average molecular weight is 161 g/mol. The molecule has 0 amide bonds. The van der Waals surface area contributed by atoms with Crippen LogP contribution >= 0.6 is 0 Å². The molecule has 0 fully saturated rings. The van der Waals surface area contributed by atoms with Crippen molar-refractivity contribution in [2.75, 3.05) is 0 Å². The fourth-order valence-electron chi connectivity index (χ4n) is 1.11. The predicted octanol–water partition coefficient (Wildman–Crippen LogP) is 2.44. The van der Waals surface area contributed by atoms with E-state index in [0.29, 0.717) is 5.58 Å². The van der Waals surface area contributed by atoms with E-state index in [1.54, 1.807) is 18.2 Å². The summed E-state index contributed by atoms with van der Waals surface area (Å²) >= 11 is 0. The fraction of sp³-hybridized carbons (Fsp3) is 0. The van der Waals surface area contributed by atoms with Crippen molar-refractivity contribution in [1.29, 1.82) is 5.26 Å². The van der Waals surface area contributed by atoms with Crippen LogP contribution in [0.1, 0.15) is 5.56 Å². The van der Waals surface area contributed by atoms with Gasteiger partial charge in [0.25, 0.3) is 0 Å². The summed E-state index contributed by atoms with van der Waals surface area (Å²) in [5, 5.41) is 9.33. The highest BCUT2D eigenvalue weighted by atomic mass is 19.1. The highest BCUT2D eigenvalue weighted by Crippen LogP contribution is 2.21. The molecule has 0 unspecified atom stereocenters. The first kappa shape index (κ1) is 6.86. The van der Waals surface area contributed by atoms with Crippen LogP contribution in [0.2, 0.25) is 0 Å². The molecule has 12 heavy (non-hydrogen) atoms. The second-order valence-corrected chi connectivity index (χ2v) is 2.37. The molecule has 0 aliphatic heterocycles. The highest BCUT2D eigenvalue weighted by molar-refractivity contribution is 5.82. The maximum Gasteiger partial charge on any atom is 0.154 e. The van der Waals surface area contributed by atoms with Gasteiger partial charge in [0.1, 0.15) is 17.4 Å². The van der Waals surface area contributed by atoms with E-state index in [1.807, 2.05) is 0 Å². The number of hydrogen-bond donors (Lipinski definition) is 0. The van der Waals surface area contributed by atoms with Crippen LogP contribution in [-0.2, 0) is 0 Å². The van der Waals surface area contributed by atoms with E-state index in [1.165, 1.54) is 12.3 Å². The molecule has 1 aromatic carbocycles. The molecule has 0 aliphatic carbocycles. The molecule has 0 radical (unpaired) electrons. The first-order valence-corrected chi connectivity index (χ1v) is 3.39. The van der Waals surface area contributed by atoms with Crippen molar-refractivity contribution < 1.29 is 8.81 Å². The van der Waals surface area contributed by atoms with Gasteiger partial charge >= 0.3 is 0 Å². The molecule has 1 aromatic heterocycles. The zero-order chi connectivity index (χ0) is 8.55. The van der Waals surface area contributed by atoms with Crippen molar-refractivity contribution >= 4 is 11.0 Å². The molecule has 2 nitrogen and oxygen atoms in total. The SMILES string of the molecule is N#Cc1c(F)ccc2ccoc12. The van der Waals surface area contributed by atoms with Crippen LogP contribution in [0.5, 0.6) is 0 Å². The van der Waals surface area contributed by atoms with Crippen LogP contribution in [0.3, 0.4) is 0 Å². The lowest BCUT2D eigenvalue weighted by molar-refractivity contribution is 0.595. The van der Waals surface area contributed by atoms with Crippen LogP contribution in [0.15, 0.2) is 28.9 Å². The Bertz CT molecular complexity index is 467. The van der Waals surface area contributed by atoms with E-state index in [-0.39, 0.29) is 5.56 Å². The summed E-state index contributed by atoms with van der Waals surface area (Å²) in [6, 6.07) is 6.28. The Labute approximate surface area is 67.8 Å². The number of nitriles is 1. The van der Waals surface area contributed by atoms with Gasteiger partial charge in [0.15, 0.2) is 5.58 Å². The number of fused-ring (bicyclic) bond motifs is 1. The first-order chi connectivity index (χ1) is 5.83. The third kappa shape index (κ3) is 0.785. The van der Waals surface area contributed by atoms with Crippen LogP contribution < -0.4 is 0 Å². The molecule has 0 atom stereocenters. The molecular formula is C9H4FNO. The maximum absolute atomic E-state index is 12.9. The molecule has 58 valence electrons. The summed E-state index contributed by atoms with van der Waals surface area (Å²) in [7, 11) is 0. The van der Waals surface area contributed by atoms with Crippen molar-refractivity contribution in [3.8, 4) is 6.07 Å². The maximum atomic E-state index is 12.9. The van der Waals surface area contributed by atoms with Gasteiger partial charge in [-0.25, -0.2) is 4.39 Å². The lowest BCUT2D eigenvalue weighted by Crippen LogP contribution is -1.82. The van der Waals surface area contributed by atoms with Crippen LogP contribution in [0.25, 0.3) is 11.0 Å². The summed E-state index contributed by atoms with van der Waals surface area (Å²) in [5.41, 5.74) is 0.287. The monoisotopic (exact) mass is 161 g/mol. The number of halogens is 1. The minimum atomic E-state index is -0.542. The van der Waals surface area contributed by atoms with Gasteiger partial charge in [-0.3, -0.25) is 0 Å². The highest BCUT2D eigenvalue weighted by Gasteiger charge is 2.08. The topological polar surface area (TPSA) is 36.9 Å². The molecule has 1 heterocycles. The lowest BCUT2D eigenvalue weighted by Gasteiger charge is -1.92. The molecule has 0 aliphatic rings. The Morgan fingerprint density at radius 2 is 2.17 bits per heavy atom. The van der Waals surface area contributed by atoms with E-state index >= 15 is 0 Å². The Morgan fingerprint density at radius 3 is 2.92 bits per heavy atom. The second kappa shape index (κ2) is 2.35. The van der Waals surface area contributed by atoms with Gasteiger partial charge in [0, 0.05) is 5.39 Å². The average Bonchev–Trinajstić information content (AvgIpc) is 2.52. The number of furan rings is 1. The molecule has 0 saturated heterocycles. The fourth-order valence-corrected chi connectivity index (χ4v) is 1.11. The van der Waals surface area contributed by atoms with Gasteiger partial charge in [0.2, 0.25) is 0 Å². The Hall–Kier alpha value is -1.82. The van der Waals surface area contributed by atoms with Gasteiger partial charge in [-0.2, -0.15) is 5.26 Å². The Kier molecular flexibility index (Phi) is 1.34. The van der Waals surface area contributed by atoms with E-state index in [2.05, 4.69) is 0 Å². The minimum absolute atomic E-state index is 0.0301. The first-order valence-electron chi connectivity index (χ1n) is 3.39. The summed E-state index contributed by atoms with van der Waals surface area (Å²) in [6.07, 6.45) is 1.44. The minimum Gasteiger partial charge on any atom is -0.463 e. The van der Waals surface area contributed by atoms with Crippen LogP contribution in [-0.4, -0.2) is 0 Å². The van der Waals surface area contributed by atoms with Gasteiger partial charge in [0.05, 0.1) is 6.26 Å². The normalized spacial score (nSPS) is 10.0. The number of benzene rings is 1. The lowest BCUT2D eigenvalue weighted by atomic mass is 10.1. The van der Waals surface area contributed by atoms with Crippen molar-refractivity contribution in [3.63, 3.8) is 0 Å². The third-order valence-electron chi connectivity index (χ3n) is 1.68. The molecule has 0 spiro atoms. The Morgan fingerprint density at radius 1 is 1.33 bits per heavy atom. The van der Waals surface area contributed by atoms with Crippen molar-refractivity contribution in [3.05, 3.63) is 35.8 Å². The zero-order valence-electron chi connectivity index (χ0n) is 6.04.